The molecule has 0 saturated heterocycles. The van der Waals surface area contributed by atoms with Crippen LogP contribution in [0.25, 0.3) is 60.6 Å². The predicted octanol–water partition coefficient (Wildman–Crippen LogP) is 8.38. The highest BCUT2D eigenvalue weighted by Crippen LogP contribution is 2.40. The van der Waals surface area contributed by atoms with Crippen molar-refractivity contribution < 1.29 is 4.57 Å². The number of para-hydroxylation sites is 3. The summed E-state index contributed by atoms with van der Waals surface area (Å²) in [5.41, 5.74) is 8.68. The van der Waals surface area contributed by atoms with Gasteiger partial charge in [0.2, 0.25) is 0 Å². The molecule has 5 aromatic carbocycles. The van der Waals surface area contributed by atoms with Crippen molar-refractivity contribution >= 4 is 50.8 Å². The summed E-state index contributed by atoms with van der Waals surface area (Å²) in [6.45, 7) is 3.65. The van der Waals surface area contributed by atoms with Crippen LogP contribution in [-0.4, -0.2) is 22.7 Å². The Balaban J connectivity index is 1.55. The van der Waals surface area contributed by atoms with Crippen LogP contribution in [0.1, 0.15) is 0 Å². The molecule has 0 saturated carbocycles. The SMILES string of the molecule is CP(C)(=O)c1cccc(-c2ccc(-c3cc4ccccc4n4c3nc3ccccc34)c3ccccc23)c1. The smallest absolute Gasteiger partial charge is 0.146 e. The summed E-state index contributed by atoms with van der Waals surface area (Å²) in [4.78, 5) is 5.10. The lowest BCUT2D eigenvalue weighted by atomic mass is 9.92. The molecule has 0 radical (unpaired) electrons. The van der Waals surface area contributed by atoms with Gasteiger partial charge in [-0.15, -0.1) is 0 Å². The number of pyridine rings is 1. The molecule has 0 atom stereocenters. The molecule has 0 bridgehead atoms. The van der Waals surface area contributed by atoms with E-state index in [4.69, 9.17) is 4.98 Å². The Hall–Kier alpha value is -4.20. The second-order valence-electron chi connectivity index (χ2n) is 9.98. The van der Waals surface area contributed by atoms with Gasteiger partial charge in [-0.3, -0.25) is 4.40 Å². The summed E-state index contributed by atoms with van der Waals surface area (Å²) in [5, 5.41) is 4.42. The Bertz CT molecular complexity index is 2050. The van der Waals surface area contributed by atoms with E-state index >= 15 is 0 Å². The predicted molar refractivity (Wildman–Crippen MR) is 158 cm³/mol. The van der Waals surface area contributed by atoms with Gasteiger partial charge in [-0.1, -0.05) is 84.9 Å². The summed E-state index contributed by atoms with van der Waals surface area (Å²) in [6, 6.07) is 40.2. The van der Waals surface area contributed by atoms with Crippen molar-refractivity contribution in [3.63, 3.8) is 0 Å². The average molecular weight is 497 g/mol. The van der Waals surface area contributed by atoms with Crippen LogP contribution in [0.2, 0.25) is 0 Å². The van der Waals surface area contributed by atoms with E-state index in [2.05, 4.69) is 101 Å². The second kappa shape index (κ2) is 8.16. The number of fused-ring (bicyclic) bond motifs is 6. The van der Waals surface area contributed by atoms with E-state index in [9.17, 15) is 4.57 Å². The molecular formula is C33H25N2OP. The van der Waals surface area contributed by atoms with Crippen LogP contribution >= 0.6 is 7.14 Å². The molecule has 7 rings (SSSR count). The van der Waals surface area contributed by atoms with Gasteiger partial charge in [-0.25, -0.2) is 4.98 Å². The van der Waals surface area contributed by atoms with Crippen LogP contribution in [0.15, 0.2) is 115 Å². The van der Waals surface area contributed by atoms with Crippen LogP contribution in [0.3, 0.4) is 0 Å². The van der Waals surface area contributed by atoms with Gasteiger partial charge in [0.15, 0.2) is 0 Å². The maximum atomic E-state index is 12.8. The van der Waals surface area contributed by atoms with E-state index in [-0.39, 0.29) is 0 Å². The quantitative estimate of drug-likeness (QED) is 0.230. The average Bonchev–Trinajstić information content (AvgIpc) is 3.32. The standard InChI is InChI=1S/C33H25N2OP/c1-37(2,36)24-12-9-11-22(20-24)25-18-19-28(27-14-5-4-13-26(25)27)29-21-23-10-3-7-16-31(23)35-32-17-8-6-15-30(32)34-33(29)35/h3-21H,1-2H3. The lowest BCUT2D eigenvalue weighted by Crippen LogP contribution is -2.02. The van der Waals surface area contributed by atoms with Crippen LogP contribution in [0.5, 0.6) is 0 Å². The van der Waals surface area contributed by atoms with Gasteiger partial charge in [-0.2, -0.15) is 0 Å². The zero-order valence-corrected chi connectivity index (χ0v) is 21.6. The fraction of sp³-hybridized carbons (Fsp3) is 0.0606. The first-order valence-electron chi connectivity index (χ1n) is 12.5. The summed E-state index contributed by atoms with van der Waals surface area (Å²) >= 11 is 0. The van der Waals surface area contributed by atoms with Gasteiger partial charge in [0.05, 0.1) is 16.6 Å². The fourth-order valence-corrected chi connectivity index (χ4v) is 6.37. The maximum Gasteiger partial charge on any atom is 0.146 e. The Morgan fingerprint density at radius 2 is 1.30 bits per heavy atom. The third-order valence-corrected chi connectivity index (χ3v) is 8.79. The second-order valence-corrected chi connectivity index (χ2v) is 13.2. The third-order valence-electron chi connectivity index (χ3n) is 7.27. The van der Waals surface area contributed by atoms with Crippen LogP contribution in [-0.2, 0) is 4.57 Å². The highest BCUT2D eigenvalue weighted by atomic mass is 31.2. The van der Waals surface area contributed by atoms with Gasteiger partial charge >= 0.3 is 0 Å². The molecule has 37 heavy (non-hydrogen) atoms. The van der Waals surface area contributed by atoms with Gasteiger partial charge in [0, 0.05) is 10.9 Å². The summed E-state index contributed by atoms with van der Waals surface area (Å²) in [6.07, 6.45) is 0. The summed E-state index contributed by atoms with van der Waals surface area (Å²) < 4.78 is 15.1. The minimum Gasteiger partial charge on any atom is -0.319 e. The normalized spacial score (nSPS) is 12.2. The van der Waals surface area contributed by atoms with Crippen LogP contribution in [0.4, 0.5) is 0 Å². The lowest BCUT2D eigenvalue weighted by molar-refractivity contribution is 0.588. The zero-order valence-electron chi connectivity index (χ0n) is 20.7. The van der Waals surface area contributed by atoms with Gasteiger partial charge in [-0.05, 0) is 76.5 Å². The van der Waals surface area contributed by atoms with E-state index in [1.807, 2.05) is 31.5 Å². The molecule has 0 unspecified atom stereocenters. The molecule has 0 amide bonds. The van der Waals surface area contributed by atoms with Crippen molar-refractivity contribution in [3.8, 4) is 22.3 Å². The van der Waals surface area contributed by atoms with E-state index in [1.54, 1.807) is 0 Å². The third kappa shape index (κ3) is 3.50. The Morgan fingerprint density at radius 3 is 2.11 bits per heavy atom. The van der Waals surface area contributed by atoms with Gasteiger partial charge in [0.25, 0.3) is 0 Å². The Morgan fingerprint density at radius 1 is 0.622 bits per heavy atom. The highest BCUT2D eigenvalue weighted by molar-refractivity contribution is 7.70. The highest BCUT2D eigenvalue weighted by Gasteiger charge is 2.18. The molecule has 0 aliphatic carbocycles. The number of imidazole rings is 1. The van der Waals surface area contributed by atoms with Crippen molar-refractivity contribution in [2.45, 2.75) is 0 Å². The lowest BCUT2D eigenvalue weighted by Gasteiger charge is -2.15. The summed E-state index contributed by atoms with van der Waals surface area (Å²) in [7, 11) is -2.36. The van der Waals surface area contributed by atoms with Crippen molar-refractivity contribution in [2.24, 2.45) is 0 Å². The number of nitrogens with zero attached hydrogens (tertiary/aromatic N) is 2. The van der Waals surface area contributed by atoms with Gasteiger partial charge in [0.1, 0.15) is 12.8 Å². The number of aromatic nitrogens is 2. The molecule has 0 N–H and O–H groups in total. The van der Waals surface area contributed by atoms with Crippen LogP contribution in [0, 0.1) is 0 Å². The van der Waals surface area contributed by atoms with Crippen molar-refractivity contribution in [1.82, 2.24) is 9.38 Å². The molecule has 3 nitrogen and oxygen atoms in total. The first-order valence-corrected chi connectivity index (χ1v) is 15.1. The fourth-order valence-electron chi connectivity index (χ4n) is 5.48. The molecule has 0 spiro atoms. The van der Waals surface area contributed by atoms with E-state index in [1.165, 1.54) is 16.2 Å². The molecule has 0 aliphatic rings. The molecule has 2 heterocycles. The molecule has 7 aromatic rings. The monoisotopic (exact) mass is 496 g/mol. The first kappa shape index (κ1) is 22.0. The van der Waals surface area contributed by atoms with Crippen molar-refractivity contribution in [2.75, 3.05) is 13.3 Å². The molecule has 4 heteroatoms. The van der Waals surface area contributed by atoms with Crippen molar-refractivity contribution in [3.05, 3.63) is 115 Å². The first-order chi connectivity index (χ1) is 18.0. The largest absolute Gasteiger partial charge is 0.319 e. The zero-order chi connectivity index (χ0) is 25.1. The van der Waals surface area contributed by atoms with E-state index < -0.39 is 7.14 Å². The molecule has 0 fully saturated rings. The Kier molecular flexibility index (Phi) is 4.86. The minimum atomic E-state index is -2.36. The molecular weight excluding hydrogens is 471 g/mol. The topological polar surface area (TPSA) is 34.4 Å². The Labute approximate surface area is 215 Å². The number of hydrogen-bond acceptors (Lipinski definition) is 2. The van der Waals surface area contributed by atoms with Gasteiger partial charge < -0.3 is 4.57 Å². The molecule has 0 aliphatic heterocycles. The minimum absolute atomic E-state index is 0.901. The van der Waals surface area contributed by atoms with Crippen LogP contribution < -0.4 is 5.30 Å². The number of benzene rings is 5. The van der Waals surface area contributed by atoms with E-state index in [0.29, 0.717) is 0 Å². The molecule has 178 valence electrons. The maximum absolute atomic E-state index is 12.8. The number of hydrogen-bond donors (Lipinski definition) is 0. The molecule has 2 aromatic heterocycles. The van der Waals surface area contributed by atoms with Crippen molar-refractivity contribution in [1.29, 1.82) is 0 Å². The number of rotatable bonds is 3. The van der Waals surface area contributed by atoms with E-state index in [0.717, 1.165) is 49.8 Å². The summed E-state index contributed by atoms with van der Waals surface area (Å²) in [5.74, 6) is 0.